The van der Waals surface area contributed by atoms with Gasteiger partial charge in [-0.3, -0.25) is 14.9 Å². The van der Waals surface area contributed by atoms with Crippen LogP contribution >= 0.6 is 0 Å². The van der Waals surface area contributed by atoms with Crippen molar-refractivity contribution in [2.24, 2.45) is 11.8 Å². The minimum absolute atomic E-state index is 0.0939. The van der Waals surface area contributed by atoms with Gasteiger partial charge < -0.3 is 0 Å². The highest BCUT2D eigenvalue weighted by molar-refractivity contribution is 6.09. The van der Waals surface area contributed by atoms with Crippen molar-refractivity contribution in [2.75, 3.05) is 0 Å². The predicted octanol–water partition coefficient (Wildman–Crippen LogP) is 1.01. The standard InChI is InChI=1S/C10H13NO2/c1-2-3-4-6-5-7-8(6)10(13)11-9(7)12/h5,7-8H,2-4H2,1H3,(H,11,12,13). The Balaban J connectivity index is 2.03. The first-order valence-electron chi connectivity index (χ1n) is 4.79. The van der Waals surface area contributed by atoms with Crippen LogP contribution in [0.5, 0.6) is 0 Å². The molecule has 0 aromatic heterocycles. The monoisotopic (exact) mass is 179 g/mol. The Kier molecular flexibility index (Phi) is 1.94. The fourth-order valence-electron chi connectivity index (χ4n) is 2.00. The van der Waals surface area contributed by atoms with E-state index >= 15 is 0 Å². The van der Waals surface area contributed by atoms with E-state index in [4.69, 9.17) is 0 Å². The Morgan fingerprint density at radius 1 is 1.38 bits per heavy atom. The fourth-order valence-corrected chi connectivity index (χ4v) is 2.00. The molecule has 1 aliphatic heterocycles. The summed E-state index contributed by atoms with van der Waals surface area (Å²) in [4.78, 5) is 22.3. The van der Waals surface area contributed by atoms with E-state index in [9.17, 15) is 9.59 Å². The molecular formula is C10H13NO2. The number of rotatable bonds is 3. The quantitative estimate of drug-likeness (QED) is 0.519. The molecule has 2 aliphatic rings. The van der Waals surface area contributed by atoms with Crippen molar-refractivity contribution >= 4 is 11.8 Å². The van der Waals surface area contributed by atoms with E-state index in [1.54, 1.807) is 0 Å². The number of hydrogen-bond donors (Lipinski definition) is 1. The summed E-state index contributed by atoms with van der Waals surface area (Å²) in [5, 5.41) is 2.36. The van der Waals surface area contributed by atoms with Crippen molar-refractivity contribution in [3.63, 3.8) is 0 Å². The Labute approximate surface area is 77.2 Å². The molecule has 70 valence electrons. The lowest BCUT2D eigenvalue weighted by molar-refractivity contribution is -0.125. The van der Waals surface area contributed by atoms with Crippen LogP contribution in [0.1, 0.15) is 26.2 Å². The predicted molar refractivity (Wildman–Crippen MR) is 47.7 cm³/mol. The molecule has 1 saturated heterocycles. The van der Waals surface area contributed by atoms with E-state index in [-0.39, 0.29) is 23.7 Å². The molecule has 0 aromatic rings. The molecule has 2 rings (SSSR count). The number of imide groups is 1. The van der Waals surface area contributed by atoms with E-state index in [0.717, 1.165) is 24.8 Å². The maximum Gasteiger partial charge on any atom is 0.234 e. The molecule has 2 unspecified atom stereocenters. The molecule has 1 N–H and O–H groups in total. The van der Waals surface area contributed by atoms with Gasteiger partial charge in [0.15, 0.2) is 0 Å². The number of nitrogens with one attached hydrogen (secondary N) is 1. The summed E-state index contributed by atoms with van der Waals surface area (Å²) in [6, 6.07) is 0. The molecule has 3 nitrogen and oxygen atoms in total. The molecule has 0 saturated carbocycles. The van der Waals surface area contributed by atoms with Crippen molar-refractivity contribution < 1.29 is 9.59 Å². The minimum atomic E-state index is -0.139. The second-order valence-corrected chi connectivity index (χ2v) is 3.70. The summed E-state index contributed by atoms with van der Waals surface area (Å²) in [6.45, 7) is 2.12. The summed E-state index contributed by atoms with van der Waals surface area (Å²) < 4.78 is 0. The molecule has 1 fully saturated rings. The zero-order chi connectivity index (χ0) is 9.42. The van der Waals surface area contributed by atoms with Crippen LogP contribution in [-0.2, 0) is 9.59 Å². The molecular weight excluding hydrogens is 166 g/mol. The lowest BCUT2D eigenvalue weighted by Gasteiger charge is -2.26. The van der Waals surface area contributed by atoms with Gasteiger partial charge in [0.05, 0.1) is 11.8 Å². The van der Waals surface area contributed by atoms with Gasteiger partial charge in [-0.1, -0.05) is 25.0 Å². The summed E-state index contributed by atoms with van der Waals surface area (Å²) in [6.07, 6.45) is 5.15. The highest BCUT2D eigenvalue weighted by Crippen LogP contribution is 2.40. The van der Waals surface area contributed by atoms with Gasteiger partial charge in [0, 0.05) is 0 Å². The van der Waals surface area contributed by atoms with Gasteiger partial charge in [-0.2, -0.15) is 0 Å². The van der Waals surface area contributed by atoms with Crippen molar-refractivity contribution in [3.05, 3.63) is 11.6 Å². The fraction of sp³-hybridized carbons (Fsp3) is 0.600. The molecule has 2 amide bonds. The summed E-state index contributed by atoms with van der Waals surface area (Å²) in [7, 11) is 0. The number of amides is 2. The molecule has 0 aromatic carbocycles. The van der Waals surface area contributed by atoms with Crippen molar-refractivity contribution in [1.29, 1.82) is 0 Å². The lowest BCUT2D eigenvalue weighted by atomic mass is 9.74. The first kappa shape index (κ1) is 8.48. The Bertz CT molecular complexity index is 293. The van der Waals surface area contributed by atoms with Crippen LogP contribution in [0.15, 0.2) is 11.6 Å². The largest absolute Gasteiger partial charge is 0.295 e. The van der Waals surface area contributed by atoms with Gasteiger partial charge >= 0.3 is 0 Å². The summed E-state index contributed by atoms with van der Waals surface area (Å²) in [5.41, 5.74) is 1.16. The molecule has 3 heteroatoms. The minimum Gasteiger partial charge on any atom is -0.295 e. The van der Waals surface area contributed by atoms with E-state index in [1.807, 2.05) is 6.08 Å². The van der Waals surface area contributed by atoms with Crippen molar-refractivity contribution in [1.82, 2.24) is 5.32 Å². The zero-order valence-corrected chi connectivity index (χ0v) is 7.67. The first-order chi connectivity index (χ1) is 6.24. The second-order valence-electron chi connectivity index (χ2n) is 3.70. The third kappa shape index (κ3) is 1.19. The summed E-state index contributed by atoms with van der Waals surface area (Å²) in [5.74, 6) is -0.461. The average Bonchev–Trinajstić information content (AvgIpc) is 2.21. The molecule has 2 atom stereocenters. The number of hydrogen-bond acceptors (Lipinski definition) is 2. The van der Waals surface area contributed by atoms with Gasteiger partial charge in [-0.05, 0) is 12.8 Å². The first-order valence-corrected chi connectivity index (χ1v) is 4.79. The molecule has 0 radical (unpaired) electrons. The normalized spacial score (nSPS) is 30.7. The van der Waals surface area contributed by atoms with Gasteiger partial charge in [0.1, 0.15) is 0 Å². The van der Waals surface area contributed by atoms with Crippen molar-refractivity contribution in [2.45, 2.75) is 26.2 Å². The van der Waals surface area contributed by atoms with E-state index in [2.05, 4.69) is 12.2 Å². The topological polar surface area (TPSA) is 46.2 Å². The zero-order valence-electron chi connectivity index (χ0n) is 7.67. The van der Waals surface area contributed by atoms with Gasteiger partial charge in [0.25, 0.3) is 0 Å². The number of carbonyl (C=O) groups excluding carboxylic acids is 2. The average molecular weight is 179 g/mol. The molecule has 0 spiro atoms. The van der Waals surface area contributed by atoms with Crippen LogP contribution in [0.25, 0.3) is 0 Å². The van der Waals surface area contributed by atoms with Crippen LogP contribution in [0.2, 0.25) is 0 Å². The smallest absolute Gasteiger partial charge is 0.234 e. The summed E-state index contributed by atoms with van der Waals surface area (Å²) >= 11 is 0. The highest BCUT2D eigenvalue weighted by atomic mass is 16.2. The number of fused-ring (bicyclic) bond motifs is 1. The Morgan fingerprint density at radius 3 is 2.77 bits per heavy atom. The van der Waals surface area contributed by atoms with Gasteiger partial charge in [-0.25, -0.2) is 0 Å². The highest BCUT2D eigenvalue weighted by Gasteiger charge is 2.47. The maximum absolute atomic E-state index is 11.2. The van der Waals surface area contributed by atoms with Crippen LogP contribution in [0.4, 0.5) is 0 Å². The third-order valence-corrected chi connectivity index (χ3v) is 2.80. The third-order valence-electron chi connectivity index (χ3n) is 2.80. The van der Waals surface area contributed by atoms with Crippen LogP contribution in [-0.4, -0.2) is 11.8 Å². The van der Waals surface area contributed by atoms with Crippen molar-refractivity contribution in [3.8, 4) is 0 Å². The van der Waals surface area contributed by atoms with E-state index in [0.29, 0.717) is 0 Å². The van der Waals surface area contributed by atoms with E-state index < -0.39 is 0 Å². The maximum atomic E-state index is 11.2. The molecule has 1 aliphatic carbocycles. The Hall–Kier alpha value is -1.12. The molecule has 1 heterocycles. The van der Waals surface area contributed by atoms with Crippen LogP contribution < -0.4 is 5.32 Å². The number of unbranched alkanes of at least 4 members (excludes halogenated alkanes) is 1. The molecule has 13 heavy (non-hydrogen) atoms. The van der Waals surface area contributed by atoms with E-state index in [1.165, 1.54) is 0 Å². The lowest BCUT2D eigenvalue weighted by Crippen LogP contribution is -2.27. The molecule has 0 bridgehead atoms. The van der Waals surface area contributed by atoms with Crippen LogP contribution in [0, 0.1) is 11.8 Å². The van der Waals surface area contributed by atoms with Crippen LogP contribution in [0.3, 0.4) is 0 Å². The second kappa shape index (κ2) is 2.98. The SMILES string of the molecule is CCCCC1=CC2C(=O)NC(=O)C12. The number of carbonyl (C=O) groups is 2. The Morgan fingerprint density at radius 2 is 2.15 bits per heavy atom. The van der Waals surface area contributed by atoms with Gasteiger partial charge in [0.2, 0.25) is 11.8 Å². The van der Waals surface area contributed by atoms with Gasteiger partial charge in [-0.15, -0.1) is 0 Å².